The van der Waals surface area contributed by atoms with Crippen molar-refractivity contribution >= 4 is 27.6 Å². The summed E-state index contributed by atoms with van der Waals surface area (Å²) in [7, 11) is -2.63. The maximum Gasteiger partial charge on any atom is 0.321 e. The first-order valence-corrected chi connectivity index (χ1v) is 9.17. The number of nitro benzene ring substituents is 1. The molecular formula is C14H19N5O6S. The van der Waals surface area contributed by atoms with Crippen LogP contribution in [0.4, 0.5) is 10.5 Å². The lowest BCUT2D eigenvalue weighted by atomic mass is 10.3. The number of carbonyl (C=O) groups is 2. The summed E-state index contributed by atoms with van der Waals surface area (Å²) in [5.41, 5.74) is -0.472. The van der Waals surface area contributed by atoms with E-state index in [1.54, 1.807) is 4.90 Å². The van der Waals surface area contributed by atoms with E-state index < -0.39 is 32.6 Å². The van der Waals surface area contributed by atoms with Gasteiger partial charge in [0.05, 0.1) is 11.5 Å². The Morgan fingerprint density at radius 3 is 2.38 bits per heavy atom. The Balaban J connectivity index is 2.02. The van der Waals surface area contributed by atoms with Crippen molar-refractivity contribution in [2.24, 2.45) is 0 Å². The Hall–Kier alpha value is -2.57. The van der Waals surface area contributed by atoms with Crippen LogP contribution in [0.1, 0.15) is 0 Å². The number of carbonyl (C=O) groups excluding carboxylic acids is 2. The van der Waals surface area contributed by atoms with Crippen LogP contribution in [0.15, 0.2) is 29.2 Å². The number of nitrogens with zero attached hydrogens (tertiary/aromatic N) is 3. The minimum atomic E-state index is -4.01. The Bertz CT molecular complexity index is 804. The Morgan fingerprint density at radius 2 is 1.81 bits per heavy atom. The van der Waals surface area contributed by atoms with Crippen LogP contribution in [-0.4, -0.2) is 74.3 Å². The molecular weight excluding hydrogens is 366 g/mol. The van der Waals surface area contributed by atoms with Crippen LogP contribution in [0, 0.1) is 10.1 Å². The van der Waals surface area contributed by atoms with Crippen molar-refractivity contribution in [2.45, 2.75) is 4.90 Å². The Labute approximate surface area is 150 Å². The van der Waals surface area contributed by atoms with Crippen LogP contribution < -0.4 is 10.6 Å². The molecule has 3 amide bonds. The summed E-state index contributed by atoms with van der Waals surface area (Å²) in [6, 6.07) is 4.56. The van der Waals surface area contributed by atoms with Crippen LogP contribution in [0.5, 0.6) is 0 Å². The standard InChI is InChI=1S/C14H19N5O6S/c1-15-14(21)16-13(20)10-17-6-8-18(9-7-17)26(24,25)12-5-3-2-4-11(12)19(22)23/h2-5H,6-10H2,1H3,(H2,15,16,20,21). The number of piperazine rings is 1. The summed E-state index contributed by atoms with van der Waals surface area (Å²) >= 11 is 0. The molecule has 1 aromatic carbocycles. The van der Waals surface area contributed by atoms with Gasteiger partial charge in [0, 0.05) is 39.3 Å². The molecule has 1 aliphatic heterocycles. The number of urea groups is 1. The van der Waals surface area contributed by atoms with E-state index in [2.05, 4.69) is 10.6 Å². The molecule has 11 nitrogen and oxygen atoms in total. The lowest BCUT2D eigenvalue weighted by molar-refractivity contribution is -0.387. The van der Waals surface area contributed by atoms with E-state index in [0.717, 1.165) is 10.4 Å². The van der Waals surface area contributed by atoms with Crippen molar-refractivity contribution in [3.63, 3.8) is 0 Å². The van der Waals surface area contributed by atoms with Gasteiger partial charge in [0.1, 0.15) is 0 Å². The molecule has 0 atom stereocenters. The third-order valence-corrected chi connectivity index (χ3v) is 5.80. The first-order chi connectivity index (χ1) is 12.3. The van der Waals surface area contributed by atoms with Crippen LogP contribution in [-0.2, 0) is 14.8 Å². The van der Waals surface area contributed by atoms with Gasteiger partial charge in [-0.2, -0.15) is 4.31 Å². The zero-order valence-electron chi connectivity index (χ0n) is 14.0. The highest BCUT2D eigenvalue weighted by molar-refractivity contribution is 7.89. The van der Waals surface area contributed by atoms with Crippen molar-refractivity contribution in [1.82, 2.24) is 19.8 Å². The zero-order chi connectivity index (χ0) is 19.3. The van der Waals surface area contributed by atoms with Gasteiger partial charge in [0.25, 0.3) is 5.69 Å². The van der Waals surface area contributed by atoms with E-state index >= 15 is 0 Å². The summed E-state index contributed by atoms with van der Waals surface area (Å²) in [5, 5.41) is 15.5. The highest BCUT2D eigenvalue weighted by Crippen LogP contribution is 2.26. The predicted molar refractivity (Wildman–Crippen MR) is 90.9 cm³/mol. The predicted octanol–water partition coefficient (Wildman–Crippen LogP) is -0.643. The highest BCUT2D eigenvalue weighted by Gasteiger charge is 2.33. The molecule has 142 valence electrons. The van der Waals surface area contributed by atoms with Crippen LogP contribution in [0.3, 0.4) is 0 Å². The monoisotopic (exact) mass is 385 g/mol. The van der Waals surface area contributed by atoms with E-state index in [1.165, 1.54) is 25.2 Å². The second kappa shape index (κ2) is 8.21. The second-order valence-electron chi connectivity index (χ2n) is 5.53. The summed E-state index contributed by atoms with van der Waals surface area (Å²) in [6.07, 6.45) is 0. The van der Waals surface area contributed by atoms with Gasteiger partial charge >= 0.3 is 6.03 Å². The molecule has 1 heterocycles. The third-order valence-electron chi connectivity index (χ3n) is 3.86. The van der Waals surface area contributed by atoms with E-state index in [0.29, 0.717) is 0 Å². The molecule has 0 saturated carbocycles. The van der Waals surface area contributed by atoms with Gasteiger partial charge in [-0.05, 0) is 6.07 Å². The number of imide groups is 1. The van der Waals surface area contributed by atoms with Gasteiger partial charge in [-0.25, -0.2) is 13.2 Å². The number of para-hydroxylation sites is 1. The van der Waals surface area contributed by atoms with Crippen molar-refractivity contribution in [1.29, 1.82) is 0 Å². The number of nitro groups is 1. The molecule has 1 saturated heterocycles. The van der Waals surface area contributed by atoms with Crippen LogP contribution >= 0.6 is 0 Å². The number of amides is 3. The molecule has 1 aromatic rings. The average molecular weight is 385 g/mol. The molecule has 1 fully saturated rings. The first kappa shape index (κ1) is 19.8. The fourth-order valence-corrected chi connectivity index (χ4v) is 4.10. The topological polar surface area (TPSA) is 142 Å². The molecule has 2 N–H and O–H groups in total. The van der Waals surface area contributed by atoms with Gasteiger partial charge in [0.15, 0.2) is 4.90 Å². The van der Waals surface area contributed by atoms with Gasteiger partial charge in [-0.15, -0.1) is 0 Å². The van der Waals surface area contributed by atoms with Gasteiger partial charge in [-0.3, -0.25) is 25.1 Å². The molecule has 2 rings (SSSR count). The lowest BCUT2D eigenvalue weighted by Crippen LogP contribution is -2.52. The number of nitrogens with one attached hydrogen (secondary N) is 2. The van der Waals surface area contributed by atoms with E-state index in [4.69, 9.17) is 0 Å². The average Bonchev–Trinajstić information content (AvgIpc) is 2.61. The minimum Gasteiger partial charge on any atom is -0.341 e. The normalized spacial score (nSPS) is 16.0. The van der Waals surface area contributed by atoms with E-state index in [1.807, 2.05) is 0 Å². The maximum atomic E-state index is 12.7. The number of benzene rings is 1. The zero-order valence-corrected chi connectivity index (χ0v) is 14.9. The van der Waals surface area contributed by atoms with Crippen LogP contribution in [0.2, 0.25) is 0 Å². The Morgan fingerprint density at radius 1 is 1.19 bits per heavy atom. The number of sulfonamides is 1. The van der Waals surface area contributed by atoms with Gasteiger partial charge in [-0.1, -0.05) is 12.1 Å². The van der Waals surface area contributed by atoms with Gasteiger partial charge < -0.3 is 5.32 Å². The third kappa shape index (κ3) is 4.53. The molecule has 26 heavy (non-hydrogen) atoms. The molecule has 0 aromatic heterocycles. The summed E-state index contributed by atoms with van der Waals surface area (Å²) in [5.74, 6) is -0.501. The molecule has 0 aliphatic carbocycles. The van der Waals surface area contributed by atoms with Crippen molar-refractivity contribution in [3.05, 3.63) is 34.4 Å². The van der Waals surface area contributed by atoms with Gasteiger partial charge in [0.2, 0.25) is 15.9 Å². The molecule has 0 spiro atoms. The number of hydrogen-bond acceptors (Lipinski definition) is 7. The smallest absolute Gasteiger partial charge is 0.321 e. The molecule has 0 radical (unpaired) electrons. The maximum absolute atomic E-state index is 12.7. The summed E-state index contributed by atoms with van der Waals surface area (Å²) in [4.78, 5) is 34.5. The van der Waals surface area contributed by atoms with E-state index in [9.17, 15) is 28.1 Å². The molecule has 0 bridgehead atoms. The second-order valence-corrected chi connectivity index (χ2v) is 7.44. The molecule has 1 aliphatic rings. The van der Waals surface area contributed by atoms with Crippen molar-refractivity contribution in [2.75, 3.05) is 39.8 Å². The Kier molecular flexibility index (Phi) is 6.23. The van der Waals surface area contributed by atoms with Crippen molar-refractivity contribution < 1.29 is 22.9 Å². The number of hydrogen-bond donors (Lipinski definition) is 2. The SMILES string of the molecule is CNC(=O)NC(=O)CN1CCN(S(=O)(=O)c2ccccc2[N+](=O)[O-])CC1. The first-order valence-electron chi connectivity index (χ1n) is 7.73. The fourth-order valence-electron chi connectivity index (χ4n) is 2.52. The largest absolute Gasteiger partial charge is 0.341 e. The molecule has 0 unspecified atom stereocenters. The van der Waals surface area contributed by atoms with Crippen molar-refractivity contribution in [3.8, 4) is 0 Å². The summed E-state index contributed by atoms with van der Waals surface area (Å²) in [6.45, 7) is 0.651. The fraction of sp³-hybridized carbons (Fsp3) is 0.429. The lowest BCUT2D eigenvalue weighted by Gasteiger charge is -2.33. The minimum absolute atomic E-state index is 0.0488. The summed E-state index contributed by atoms with van der Waals surface area (Å²) < 4.78 is 26.5. The quantitative estimate of drug-likeness (QED) is 0.507. The number of rotatable bonds is 5. The molecule has 12 heteroatoms. The highest BCUT2D eigenvalue weighted by atomic mass is 32.2. The van der Waals surface area contributed by atoms with E-state index in [-0.39, 0.29) is 37.6 Å². The van der Waals surface area contributed by atoms with Crippen LogP contribution in [0.25, 0.3) is 0 Å².